The van der Waals surface area contributed by atoms with Gasteiger partial charge in [-0.3, -0.25) is 0 Å². The van der Waals surface area contributed by atoms with E-state index in [-0.39, 0.29) is 63.0 Å². The Labute approximate surface area is 827 Å². The van der Waals surface area contributed by atoms with Crippen molar-refractivity contribution in [2.45, 2.75) is 352 Å². The van der Waals surface area contributed by atoms with Gasteiger partial charge in [-0.05, 0) is 203 Å². The summed E-state index contributed by atoms with van der Waals surface area (Å²) in [4.78, 5) is 0. The second kappa shape index (κ2) is 45.0. The molecule has 0 amide bonds. The number of aromatic hydroxyl groups is 4. The van der Waals surface area contributed by atoms with Gasteiger partial charge in [0, 0.05) is 69.6 Å². The number of phenolic OH excluding ortho intramolecular Hbond substituents is 2. The number of hydrogen-bond donors (Lipinski definition) is 2. The second-order valence-corrected chi connectivity index (χ2v) is 67.7. The van der Waals surface area contributed by atoms with Gasteiger partial charge in [-0.1, -0.05) is 377 Å². The van der Waals surface area contributed by atoms with E-state index in [1.54, 1.807) is 24.3 Å². The Morgan fingerprint density at radius 3 is 0.712 bits per heavy atom. The number of nitrogens with zero attached hydrogens (tertiary/aromatic N) is 2. The Morgan fingerprint density at radius 2 is 0.515 bits per heavy atom. The molecule has 13 heteroatoms. The summed E-state index contributed by atoms with van der Waals surface area (Å²) >= 11 is 0. The van der Waals surface area contributed by atoms with Crippen molar-refractivity contribution in [3.63, 3.8) is 0 Å². The van der Waals surface area contributed by atoms with Crippen LogP contribution in [0.15, 0.2) is 121 Å². The van der Waals surface area contributed by atoms with Crippen LogP contribution in [0.3, 0.4) is 0 Å². The molecule has 10 aromatic rings. The summed E-state index contributed by atoms with van der Waals surface area (Å²) < 4.78 is 50.2. The topological polar surface area (TPSA) is 75.9 Å². The molecule has 10 rings (SSSR count). The summed E-state index contributed by atoms with van der Waals surface area (Å²) in [5.74, 6) is 7.00. The smallest absolute Gasteiger partial charge is 0.265 e. The molecule has 4 N–H and O–H groups in total. The van der Waals surface area contributed by atoms with E-state index >= 15 is 8.78 Å². The Hall–Kier alpha value is -5.84. The number of ether oxygens (including phenoxy) is 2. The van der Waals surface area contributed by atoms with Crippen molar-refractivity contribution in [2.75, 3.05) is 13.2 Å². The number of halogens is 2. The van der Waals surface area contributed by atoms with Crippen molar-refractivity contribution < 1.29 is 54.3 Å². The first-order chi connectivity index (χ1) is 59.8. The van der Waals surface area contributed by atoms with Crippen LogP contribution in [-0.4, -0.2) is 74.3 Å². The van der Waals surface area contributed by atoms with E-state index in [0.29, 0.717) is 147 Å². The zero-order valence-corrected chi connectivity index (χ0v) is 98.0. The third kappa shape index (κ3) is 26.6. The number of fused-ring (bicyclic) bond motifs is 6. The van der Waals surface area contributed by atoms with Gasteiger partial charge in [-0.2, -0.15) is 0 Å². The van der Waals surface area contributed by atoms with E-state index in [4.69, 9.17) is 9.47 Å². The number of phenols is 2. The zero-order valence-electron chi connectivity index (χ0n) is 90.4. The molecular formula is C119H184F2HfN2O4Si4. The first kappa shape index (κ1) is 113. The van der Waals surface area contributed by atoms with Crippen LogP contribution in [0.4, 0.5) is 8.78 Å². The fourth-order valence-electron chi connectivity index (χ4n) is 26.0. The maximum absolute atomic E-state index is 17.1. The molecule has 0 saturated heterocycles. The fourth-order valence-corrected chi connectivity index (χ4v) is 53.2. The van der Waals surface area contributed by atoms with Crippen LogP contribution in [0.1, 0.15) is 277 Å². The largest absolute Gasteiger partial charge is 0.582 e. The minimum Gasteiger partial charge on any atom is -0.582 e. The minimum absolute atomic E-state index is 0. The molecule has 0 bridgehead atoms. The van der Waals surface area contributed by atoms with Crippen LogP contribution in [-0.2, 0) is 36.7 Å². The van der Waals surface area contributed by atoms with Crippen LogP contribution >= 0.6 is 0 Å². The molecule has 0 aliphatic heterocycles. The molecule has 728 valence electrons. The summed E-state index contributed by atoms with van der Waals surface area (Å²) in [6, 6.07) is 59.9. The molecule has 132 heavy (non-hydrogen) atoms. The Morgan fingerprint density at radius 1 is 0.303 bits per heavy atom. The Kier molecular flexibility index (Phi) is 38.5. The van der Waals surface area contributed by atoms with Crippen molar-refractivity contribution in [1.29, 1.82) is 0 Å². The van der Waals surface area contributed by atoms with Gasteiger partial charge in [0.1, 0.15) is 29.6 Å². The van der Waals surface area contributed by atoms with E-state index in [9.17, 15) is 10.2 Å². The molecule has 0 radical (unpaired) electrons. The van der Waals surface area contributed by atoms with E-state index in [1.807, 2.05) is 13.8 Å². The monoisotopic (exact) mass is 2040 g/mol. The Balaban J connectivity index is 0.00000793. The van der Waals surface area contributed by atoms with Crippen molar-refractivity contribution in [1.82, 2.24) is 9.13 Å². The van der Waals surface area contributed by atoms with E-state index < -0.39 is 54.8 Å². The molecule has 2 heterocycles. The SMILES string of the molecule is Cc1cc(F)cc(-c2cc(C(C)(C)CC(C)(C)C)cc(-n3c4cc([Si](CC(C)C)(CC(C)C)CC(C)C)ccc4c4ccc([Si](CC(C)C)(CC(C)C)CC(C)C)cc43)c2O)c1[OH+]CCC[OH+]c1c(C)cc(F)cc1-c1cc(C(C)(C)CC(C)(C)C)cc(-n2c3cc([Si](CC(C)C)(CC(C)C)CC(C)C)ccc3c3ccc([Si](CC(C)C)(CC(C)C)CC(C)C)cc32)c1O.[CH3-].[CH3-].[Hf]. The molecule has 6 nitrogen and oxygen atoms in total. The minimum atomic E-state index is -2.21. The van der Waals surface area contributed by atoms with Crippen LogP contribution in [0.5, 0.6) is 23.0 Å². The van der Waals surface area contributed by atoms with Gasteiger partial charge in [0.05, 0.1) is 76.9 Å². The van der Waals surface area contributed by atoms with Gasteiger partial charge in [-0.25, -0.2) is 8.78 Å². The van der Waals surface area contributed by atoms with Gasteiger partial charge < -0.3 is 43.7 Å². The van der Waals surface area contributed by atoms with E-state index in [1.165, 1.54) is 115 Å². The number of aliphatic hydroxyl groups is 2. The van der Waals surface area contributed by atoms with Crippen molar-refractivity contribution in [3.8, 4) is 56.6 Å². The predicted octanol–water partition coefficient (Wildman–Crippen LogP) is 33.9. The average Bonchev–Trinajstić information content (AvgIpc) is 1.56. The average molecular weight is 2040 g/mol. The maximum atomic E-state index is 17.1. The molecule has 0 unspecified atom stereocenters. The number of benzene rings is 8. The number of hydrogen-bond acceptors (Lipinski definition) is 2. The quantitative estimate of drug-likeness (QED) is 0.0173. The first-order valence-corrected chi connectivity index (χ1v) is 61.2. The summed E-state index contributed by atoms with van der Waals surface area (Å²) in [6.45, 7) is 85.9. The molecule has 0 aliphatic carbocycles. The molecule has 8 aromatic carbocycles. The molecule has 2 aromatic heterocycles. The summed E-state index contributed by atoms with van der Waals surface area (Å²) in [6.07, 6.45) is 2.21. The molecule has 0 fully saturated rings. The van der Waals surface area contributed by atoms with Crippen LogP contribution in [0.2, 0.25) is 72.5 Å². The molecule has 0 aliphatic rings. The number of rotatable bonds is 42. The summed E-state index contributed by atoms with van der Waals surface area (Å²) in [7, 11) is -8.82. The van der Waals surface area contributed by atoms with Crippen LogP contribution in [0.25, 0.3) is 77.2 Å². The zero-order chi connectivity index (χ0) is 95.8. The van der Waals surface area contributed by atoms with E-state index in [2.05, 4.69) is 342 Å². The second-order valence-electron chi connectivity index (χ2n) is 50.3. The molecule has 0 saturated carbocycles. The molecular weight excluding hydrogens is 1850 g/mol. The molecule has 0 spiro atoms. The fraction of sp³-hybridized carbons (Fsp3) is 0.580. The molecule has 0 atom stereocenters. The number of aromatic nitrogens is 2. The van der Waals surface area contributed by atoms with Gasteiger partial charge in [0.2, 0.25) is 0 Å². The summed E-state index contributed by atoms with van der Waals surface area (Å²) in [5, 5.41) is 39.0. The van der Waals surface area contributed by atoms with E-state index in [0.717, 1.165) is 46.0 Å². The number of aryl methyl sites for hydroxylation is 2. The van der Waals surface area contributed by atoms with Gasteiger partial charge in [0.25, 0.3) is 11.5 Å². The third-order valence-corrected chi connectivity index (χ3v) is 53.0. The van der Waals surface area contributed by atoms with Crippen LogP contribution in [0, 0.1) is 122 Å². The third-order valence-electron chi connectivity index (χ3n) is 27.7. The Bertz CT molecular complexity index is 4890. The van der Waals surface area contributed by atoms with Crippen molar-refractivity contribution >= 4 is 96.7 Å². The van der Waals surface area contributed by atoms with Crippen molar-refractivity contribution in [3.05, 3.63) is 170 Å². The van der Waals surface area contributed by atoms with Gasteiger partial charge in [0.15, 0.2) is 13.2 Å². The normalized spacial score (nSPS) is 13.2. The van der Waals surface area contributed by atoms with Crippen LogP contribution < -0.4 is 20.7 Å². The predicted molar refractivity (Wildman–Crippen MR) is 587 cm³/mol. The maximum Gasteiger partial charge on any atom is 0.265 e. The summed E-state index contributed by atoms with van der Waals surface area (Å²) in [5.41, 5.74) is 10.6. The van der Waals surface area contributed by atoms with Crippen molar-refractivity contribution in [2.24, 2.45) is 81.8 Å². The first-order valence-electron chi connectivity index (χ1n) is 50.7. The standard InChI is InChI=1S/C117H176F2N2O4Si4.2CH3.Hf/c1-74(2)60-126(61-75(3)4,62-76(5)6)92-38-42-96-97-43-39-93(127(63-77(7)8,64-78(9)10)65-79(11)12)57-105(97)120(104(96)56-92)108-52-88(116(33,34)72-114(27,28)29)50-100(110(108)122)102-54-90(118)48-86(25)112(102)124-46-37-47-125-113-87(26)49-91(119)55-103(113)101-51-89(117(35,36)73-115(30,31)32)53-109(111(101)123)121-106-58-94(128(66-80(13)14,67-81(15)16)68-82(17)18)40-44-98(106)99-45-41-95(59-107(99)121)129(69-83(19)20,70-84(21)22)71-85(23)24;;;/h38-45,48-59,74-85,122-123H,37,46-47,60-73H2,1-36H3;2*1H3;/q;2*-1;/p+2. The van der Waals surface area contributed by atoms with Gasteiger partial charge >= 0.3 is 0 Å². The van der Waals surface area contributed by atoms with Gasteiger partial charge in [-0.15, -0.1) is 0 Å².